The van der Waals surface area contributed by atoms with Gasteiger partial charge in [0.25, 0.3) is 5.91 Å². The number of carbonyl (C=O) groups excluding carboxylic acids is 1. The summed E-state index contributed by atoms with van der Waals surface area (Å²) < 4.78 is 40.4. The molecule has 1 atom stereocenters. The molecule has 8 nitrogen and oxygen atoms in total. The van der Waals surface area contributed by atoms with Crippen molar-refractivity contribution in [3.05, 3.63) is 52.8 Å². The van der Waals surface area contributed by atoms with Gasteiger partial charge >= 0.3 is 6.61 Å². The number of nitrogens with zero attached hydrogens (tertiary/aromatic N) is 3. The summed E-state index contributed by atoms with van der Waals surface area (Å²) in [5.74, 6) is 0.514. The lowest BCUT2D eigenvalue weighted by Gasteiger charge is -2.23. The van der Waals surface area contributed by atoms with E-state index in [2.05, 4.69) is 14.7 Å². The SMILES string of the molecule is CN(C(=O)c1cc2c3c(c(N)nc2cn1)COC3)C1COc2cc(OC(F)F)ccc21. The Morgan fingerprint density at radius 3 is 2.90 bits per heavy atom. The molecule has 31 heavy (non-hydrogen) atoms. The molecule has 10 heteroatoms. The number of hydrogen-bond donors (Lipinski definition) is 1. The fourth-order valence-electron chi connectivity index (χ4n) is 3.98. The first kappa shape index (κ1) is 19.4. The van der Waals surface area contributed by atoms with Crippen molar-refractivity contribution < 1.29 is 27.8 Å². The van der Waals surface area contributed by atoms with E-state index in [0.29, 0.717) is 35.9 Å². The van der Waals surface area contributed by atoms with Crippen molar-refractivity contribution in [2.45, 2.75) is 25.9 Å². The molecule has 160 valence electrons. The third-order valence-electron chi connectivity index (χ3n) is 5.59. The smallest absolute Gasteiger partial charge is 0.387 e. The summed E-state index contributed by atoms with van der Waals surface area (Å²) in [5, 5.41) is 0.783. The van der Waals surface area contributed by atoms with Gasteiger partial charge in [-0.15, -0.1) is 0 Å². The lowest BCUT2D eigenvalue weighted by atomic mass is 10.0. The van der Waals surface area contributed by atoms with Crippen molar-refractivity contribution in [1.82, 2.24) is 14.9 Å². The minimum absolute atomic E-state index is 0.00224. The van der Waals surface area contributed by atoms with Crippen LogP contribution >= 0.6 is 0 Å². The van der Waals surface area contributed by atoms with Crippen molar-refractivity contribution in [2.24, 2.45) is 0 Å². The Morgan fingerprint density at radius 2 is 2.10 bits per heavy atom. The lowest BCUT2D eigenvalue weighted by molar-refractivity contribution is -0.0499. The molecule has 0 fully saturated rings. The molecular formula is C21H18F2N4O4. The van der Waals surface area contributed by atoms with E-state index >= 15 is 0 Å². The maximum atomic E-state index is 13.2. The molecule has 2 aromatic heterocycles. The maximum absolute atomic E-state index is 13.2. The number of nitrogens with two attached hydrogens (primary N) is 1. The summed E-state index contributed by atoms with van der Waals surface area (Å²) in [6.07, 6.45) is 1.53. The second kappa shape index (κ2) is 7.31. The van der Waals surface area contributed by atoms with Crippen LogP contribution in [0.4, 0.5) is 14.6 Å². The molecular weight excluding hydrogens is 410 g/mol. The van der Waals surface area contributed by atoms with Gasteiger partial charge < -0.3 is 24.8 Å². The highest BCUT2D eigenvalue weighted by Crippen LogP contribution is 2.39. The second-order valence-corrected chi connectivity index (χ2v) is 7.35. The number of rotatable bonds is 4. The van der Waals surface area contributed by atoms with Crippen LogP contribution in [-0.2, 0) is 18.0 Å². The molecule has 2 aliphatic heterocycles. The topological polar surface area (TPSA) is 99.8 Å². The first-order chi connectivity index (χ1) is 14.9. The first-order valence-electron chi connectivity index (χ1n) is 9.56. The van der Waals surface area contributed by atoms with Crippen LogP contribution in [-0.4, -0.2) is 41.0 Å². The lowest BCUT2D eigenvalue weighted by Crippen LogP contribution is -2.32. The number of ether oxygens (including phenoxy) is 3. The molecule has 1 unspecified atom stereocenters. The van der Waals surface area contributed by atoms with Gasteiger partial charge in [-0.1, -0.05) is 0 Å². The Kier molecular flexibility index (Phi) is 4.58. The maximum Gasteiger partial charge on any atom is 0.387 e. The predicted molar refractivity (Wildman–Crippen MR) is 106 cm³/mol. The largest absolute Gasteiger partial charge is 0.491 e. The highest BCUT2D eigenvalue weighted by molar-refractivity contribution is 5.97. The molecule has 3 aromatic rings. The van der Waals surface area contributed by atoms with Gasteiger partial charge in [0, 0.05) is 29.6 Å². The van der Waals surface area contributed by atoms with Gasteiger partial charge in [0.1, 0.15) is 29.6 Å². The number of likely N-dealkylation sites (N-methyl/N-ethyl adjacent to an activating group) is 1. The molecule has 4 heterocycles. The van der Waals surface area contributed by atoms with Crippen LogP contribution in [0.15, 0.2) is 30.5 Å². The molecule has 0 radical (unpaired) electrons. The van der Waals surface area contributed by atoms with E-state index < -0.39 is 6.61 Å². The highest BCUT2D eigenvalue weighted by atomic mass is 19.3. The summed E-state index contributed by atoms with van der Waals surface area (Å²) in [6.45, 7) is -1.93. The van der Waals surface area contributed by atoms with Crippen LogP contribution < -0.4 is 15.2 Å². The first-order valence-corrected chi connectivity index (χ1v) is 9.56. The monoisotopic (exact) mass is 428 g/mol. The fraction of sp³-hybridized carbons (Fsp3) is 0.286. The average Bonchev–Trinajstić information content (AvgIpc) is 3.40. The second-order valence-electron chi connectivity index (χ2n) is 7.35. The van der Waals surface area contributed by atoms with E-state index in [9.17, 15) is 13.6 Å². The van der Waals surface area contributed by atoms with Crippen molar-refractivity contribution in [1.29, 1.82) is 0 Å². The van der Waals surface area contributed by atoms with Gasteiger partial charge in [0.05, 0.1) is 31.0 Å². The number of hydrogen-bond acceptors (Lipinski definition) is 7. The van der Waals surface area contributed by atoms with Gasteiger partial charge in [-0.05, 0) is 23.8 Å². The molecule has 0 saturated carbocycles. The Bertz CT molecular complexity index is 1200. The summed E-state index contributed by atoms with van der Waals surface area (Å²) in [7, 11) is 1.65. The number of halogens is 2. The summed E-state index contributed by atoms with van der Waals surface area (Å²) in [6, 6.07) is 5.76. The number of pyridine rings is 2. The van der Waals surface area contributed by atoms with Gasteiger partial charge in [-0.2, -0.15) is 8.78 Å². The molecule has 0 aliphatic carbocycles. The summed E-state index contributed by atoms with van der Waals surface area (Å²) in [5.41, 5.74) is 9.31. The van der Waals surface area contributed by atoms with Gasteiger partial charge in [-0.25, -0.2) is 9.97 Å². The zero-order chi connectivity index (χ0) is 21.7. The van der Waals surface area contributed by atoms with Gasteiger partial charge in [0.2, 0.25) is 0 Å². The highest BCUT2D eigenvalue weighted by Gasteiger charge is 2.32. The molecule has 1 amide bonds. The number of benzene rings is 1. The number of alkyl halides is 2. The molecule has 2 N–H and O–H groups in total. The number of amides is 1. The number of anilines is 1. The van der Waals surface area contributed by atoms with E-state index in [0.717, 1.165) is 16.5 Å². The van der Waals surface area contributed by atoms with Crippen LogP contribution in [0.2, 0.25) is 0 Å². The van der Waals surface area contributed by atoms with E-state index in [4.69, 9.17) is 15.2 Å². The van der Waals surface area contributed by atoms with Crippen LogP contribution in [0.1, 0.15) is 33.2 Å². The Morgan fingerprint density at radius 1 is 1.29 bits per heavy atom. The summed E-state index contributed by atoms with van der Waals surface area (Å²) in [4.78, 5) is 23.3. The van der Waals surface area contributed by atoms with E-state index in [1.54, 1.807) is 19.2 Å². The van der Waals surface area contributed by atoms with Crippen molar-refractivity contribution in [2.75, 3.05) is 19.4 Å². The molecule has 5 rings (SSSR count). The number of nitrogen functional groups attached to an aromatic ring is 1. The average molecular weight is 428 g/mol. The number of fused-ring (bicyclic) bond motifs is 4. The van der Waals surface area contributed by atoms with Crippen molar-refractivity contribution >= 4 is 22.6 Å². The van der Waals surface area contributed by atoms with Crippen LogP contribution in [0, 0.1) is 0 Å². The number of aromatic nitrogens is 2. The Hall–Kier alpha value is -3.53. The normalized spacial score (nSPS) is 16.8. The quantitative estimate of drug-likeness (QED) is 0.682. The zero-order valence-corrected chi connectivity index (χ0v) is 16.5. The zero-order valence-electron chi connectivity index (χ0n) is 16.5. The molecule has 0 saturated heterocycles. The van der Waals surface area contributed by atoms with Crippen LogP contribution in [0.3, 0.4) is 0 Å². The van der Waals surface area contributed by atoms with Crippen LogP contribution in [0.25, 0.3) is 10.9 Å². The van der Waals surface area contributed by atoms with E-state index in [1.807, 2.05) is 0 Å². The van der Waals surface area contributed by atoms with E-state index in [1.165, 1.54) is 23.2 Å². The van der Waals surface area contributed by atoms with Gasteiger partial charge in [-0.3, -0.25) is 4.79 Å². The summed E-state index contributed by atoms with van der Waals surface area (Å²) >= 11 is 0. The molecule has 0 spiro atoms. The predicted octanol–water partition coefficient (Wildman–Crippen LogP) is 3.05. The third-order valence-corrected chi connectivity index (χ3v) is 5.59. The van der Waals surface area contributed by atoms with E-state index in [-0.39, 0.29) is 30.0 Å². The molecule has 1 aromatic carbocycles. The minimum atomic E-state index is -2.92. The van der Waals surface area contributed by atoms with Crippen molar-refractivity contribution in [3.63, 3.8) is 0 Å². The molecule has 0 bridgehead atoms. The Balaban J connectivity index is 1.44. The number of carbonyl (C=O) groups is 1. The van der Waals surface area contributed by atoms with Crippen LogP contribution in [0.5, 0.6) is 11.5 Å². The van der Waals surface area contributed by atoms with Gasteiger partial charge in [0.15, 0.2) is 0 Å². The third kappa shape index (κ3) is 3.28. The minimum Gasteiger partial charge on any atom is -0.491 e. The molecule has 2 aliphatic rings. The fourth-order valence-corrected chi connectivity index (χ4v) is 3.98. The standard InChI is InChI=1S/C21H18F2N4O4/c1-27(17-9-30-18-4-10(31-21(22)23)2-3-11(17)18)20(28)15-5-12-13-7-29-8-14(13)19(24)26-16(12)6-25-15/h2-6,17,21H,7-9H2,1H3,(H2,24,26). The Labute approximate surface area is 175 Å². The van der Waals surface area contributed by atoms with Crippen molar-refractivity contribution in [3.8, 4) is 11.5 Å².